The molecule has 0 bridgehead atoms. The Morgan fingerprint density at radius 1 is 1.07 bits per heavy atom. The Hall–Kier alpha value is -2.76. The van der Waals surface area contributed by atoms with E-state index in [0.29, 0.717) is 0 Å². The minimum atomic E-state index is 0.188. The Morgan fingerprint density at radius 3 is 2.59 bits per heavy atom. The van der Waals surface area contributed by atoms with Crippen molar-refractivity contribution < 1.29 is 0 Å². The summed E-state index contributed by atoms with van der Waals surface area (Å²) in [6.45, 7) is 9.18. The number of nitrogens with one attached hydrogen (secondary N) is 1. The molecule has 5 heteroatoms. The van der Waals surface area contributed by atoms with E-state index in [1.54, 1.807) is 11.3 Å². The maximum Gasteiger partial charge on any atom is 0.0972 e. The summed E-state index contributed by atoms with van der Waals surface area (Å²) in [7, 11) is 0. The van der Waals surface area contributed by atoms with Gasteiger partial charge in [-0.15, -0.1) is 11.3 Å². The van der Waals surface area contributed by atoms with E-state index in [4.69, 9.17) is 5.10 Å². The summed E-state index contributed by atoms with van der Waals surface area (Å²) < 4.78 is 2.01. The van der Waals surface area contributed by atoms with Crippen molar-refractivity contribution in [3.8, 4) is 16.9 Å². The van der Waals surface area contributed by atoms with Crippen LogP contribution in [0.5, 0.6) is 0 Å². The highest BCUT2D eigenvalue weighted by molar-refractivity contribution is 7.09. The smallest absolute Gasteiger partial charge is 0.0972 e. The van der Waals surface area contributed by atoms with E-state index < -0.39 is 0 Å². The summed E-state index contributed by atoms with van der Waals surface area (Å²) in [4.78, 5) is 4.61. The van der Waals surface area contributed by atoms with Crippen molar-refractivity contribution in [2.24, 2.45) is 0 Å². The molecule has 0 spiro atoms. The lowest BCUT2D eigenvalue weighted by Gasteiger charge is -2.11. The van der Waals surface area contributed by atoms with Gasteiger partial charge in [0.05, 0.1) is 22.1 Å². The lowest BCUT2D eigenvalue weighted by molar-refractivity contribution is 0.564. The van der Waals surface area contributed by atoms with Crippen LogP contribution in [0, 0.1) is 20.8 Å². The summed E-state index contributed by atoms with van der Waals surface area (Å²) in [5.41, 5.74) is 7.98. The van der Waals surface area contributed by atoms with Gasteiger partial charge in [0.25, 0.3) is 0 Å². The zero-order chi connectivity index (χ0) is 20.4. The number of nitrogens with zero attached hydrogens (tertiary/aromatic N) is 3. The van der Waals surface area contributed by atoms with Gasteiger partial charge in [0.2, 0.25) is 0 Å². The molecule has 2 aromatic heterocycles. The maximum absolute atomic E-state index is 4.97. The minimum Gasteiger partial charge on any atom is -0.305 e. The normalized spacial score (nSPS) is 12.3. The fraction of sp³-hybridized carbons (Fsp3) is 0.250. The first-order chi connectivity index (χ1) is 14.0. The number of hydrogen-bond acceptors (Lipinski definition) is 4. The van der Waals surface area contributed by atoms with Crippen molar-refractivity contribution in [2.45, 2.75) is 40.3 Å². The van der Waals surface area contributed by atoms with E-state index >= 15 is 0 Å². The summed E-state index contributed by atoms with van der Waals surface area (Å²) in [6, 6.07) is 17.1. The standard InChI is InChI=1S/C24H26N4S/c1-16-10-11-17(2)23(12-16)28-14-21(24(27-28)20-8-6-5-7-9-20)13-25-18(3)22-15-29-19(4)26-22/h5-12,14-15,18,25H,13H2,1-4H3/t18-/m1/s1. The van der Waals surface area contributed by atoms with Crippen molar-refractivity contribution in [3.05, 3.63) is 87.5 Å². The molecule has 0 amide bonds. The molecule has 1 N–H and O–H groups in total. The molecule has 0 unspecified atom stereocenters. The van der Waals surface area contributed by atoms with E-state index in [-0.39, 0.29) is 6.04 Å². The first-order valence-electron chi connectivity index (χ1n) is 9.88. The molecule has 4 rings (SSSR count). The van der Waals surface area contributed by atoms with Crippen molar-refractivity contribution in [1.29, 1.82) is 0 Å². The lowest BCUT2D eigenvalue weighted by Crippen LogP contribution is -2.18. The van der Waals surface area contributed by atoms with Gasteiger partial charge in [-0.3, -0.25) is 0 Å². The van der Waals surface area contributed by atoms with Crippen LogP contribution in [0.2, 0.25) is 0 Å². The SMILES string of the molecule is Cc1ccc(C)c(-n2cc(CN[C@H](C)c3csc(C)n3)c(-c3ccccc3)n2)c1. The van der Waals surface area contributed by atoms with Crippen LogP contribution in [0.3, 0.4) is 0 Å². The summed E-state index contributed by atoms with van der Waals surface area (Å²) in [5.74, 6) is 0. The number of thiazole rings is 1. The average molecular weight is 403 g/mol. The predicted molar refractivity (Wildman–Crippen MR) is 121 cm³/mol. The zero-order valence-corrected chi connectivity index (χ0v) is 18.1. The molecule has 2 aromatic carbocycles. The number of hydrogen-bond donors (Lipinski definition) is 1. The molecule has 29 heavy (non-hydrogen) atoms. The molecule has 0 aliphatic carbocycles. The molecule has 148 valence electrons. The van der Waals surface area contributed by atoms with E-state index in [1.807, 2.05) is 17.7 Å². The van der Waals surface area contributed by atoms with Gasteiger partial charge in [-0.1, -0.05) is 42.5 Å². The van der Waals surface area contributed by atoms with Gasteiger partial charge < -0.3 is 5.32 Å². The second-order valence-corrected chi connectivity index (χ2v) is 8.56. The molecule has 0 saturated heterocycles. The number of rotatable bonds is 6. The van der Waals surface area contributed by atoms with Crippen LogP contribution in [0.25, 0.3) is 16.9 Å². The van der Waals surface area contributed by atoms with Crippen molar-refractivity contribution in [1.82, 2.24) is 20.1 Å². The van der Waals surface area contributed by atoms with E-state index in [9.17, 15) is 0 Å². The summed E-state index contributed by atoms with van der Waals surface area (Å²) in [5, 5.41) is 11.8. The first-order valence-corrected chi connectivity index (χ1v) is 10.8. The third kappa shape index (κ3) is 4.31. The van der Waals surface area contributed by atoms with Gasteiger partial charge >= 0.3 is 0 Å². The number of benzene rings is 2. The molecule has 2 heterocycles. The molecule has 0 radical (unpaired) electrons. The Kier molecular flexibility index (Phi) is 5.60. The molecule has 0 fully saturated rings. The monoisotopic (exact) mass is 402 g/mol. The van der Waals surface area contributed by atoms with Crippen molar-refractivity contribution >= 4 is 11.3 Å². The van der Waals surface area contributed by atoms with Gasteiger partial charge in [-0.25, -0.2) is 9.67 Å². The second-order valence-electron chi connectivity index (χ2n) is 7.50. The Labute approximate surface area is 176 Å². The average Bonchev–Trinajstić information content (AvgIpc) is 3.35. The third-order valence-corrected chi connectivity index (χ3v) is 5.92. The molecule has 4 nitrogen and oxygen atoms in total. The molecule has 1 atom stereocenters. The van der Waals surface area contributed by atoms with Crippen LogP contribution in [0.4, 0.5) is 0 Å². The summed E-state index contributed by atoms with van der Waals surface area (Å²) >= 11 is 1.69. The maximum atomic E-state index is 4.97. The predicted octanol–water partition coefficient (Wildman–Crippen LogP) is 5.77. The van der Waals surface area contributed by atoms with Gasteiger partial charge in [0.1, 0.15) is 0 Å². The highest BCUT2D eigenvalue weighted by atomic mass is 32.1. The Bertz CT molecular complexity index is 1110. The number of aryl methyl sites for hydroxylation is 3. The Morgan fingerprint density at radius 2 is 1.86 bits per heavy atom. The fourth-order valence-corrected chi connectivity index (χ4v) is 4.12. The topological polar surface area (TPSA) is 42.7 Å². The van der Waals surface area contributed by atoms with Crippen LogP contribution in [0.1, 0.15) is 40.4 Å². The molecular weight excluding hydrogens is 376 g/mol. The van der Waals surface area contributed by atoms with Gasteiger partial charge in [0, 0.05) is 35.3 Å². The number of aromatic nitrogens is 3. The molecule has 0 saturated carbocycles. The van der Waals surface area contributed by atoms with Crippen LogP contribution in [0.15, 0.2) is 60.1 Å². The van der Waals surface area contributed by atoms with Crippen LogP contribution < -0.4 is 5.32 Å². The van der Waals surface area contributed by atoms with Crippen molar-refractivity contribution in [3.63, 3.8) is 0 Å². The lowest BCUT2D eigenvalue weighted by atomic mass is 10.1. The first kappa shape index (κ1) is 19.6. The quantitative estimate of drug-likeness (QED) is 0.445. The molecular formula is C24H26N4S. The van der Waals surface area contributed by atoms with E-state index in [1.165, 1.54) is 16.7 Å². The highest BCUT2D eigenvalue weighted by Crippen LogP contribution is 2.26. The summed E-state index contributed by atoms with van der Waals surface area (Å²) in [6.07, 6.45) is 2.15. The minimum absolute atomic E-state index is 0.188. The largest absolute Gasteiger partial charge is 0.305 e. The third-order valence-electron chi connectivity index (χ3n) is 5.13. The van der Waals surface area contributed by atoms with Crippen LogP contribution >= 0.6 is 11.3 Å². The molecule has 0 aliphatic rings. The van der Waals surface area contributed by atoms with Crippen molar-refractivity contribution in [2.75, 3.05) is 0 Å². The van der Waals surface area contributed by atoms with Gasteiger partial charge in [-0.05, 0) is 44.9 Å². The van der Waals surface area contributed by atoms with Crippen LogP contribution in [-0.4, -0.2) is 14.8 Å². The second kappa shape index (κ2) is 8.31. The molecule has 0 aliphatic heterocycles. The Balaban J connectivity index is 1.68. The van der Waals surface area contributed by atoms with Gasteiger partial charge in [0.15, 0.2) is 0 Å². The van der Waals surface area contributed by atoms with Crippen LogP contribution in [-0.2, 0) is 6.54 Å². The molecule has 4 aromatic rings. The van der Waals surface area contributed by atoms with Gasteiger partial charge in [-0.2, -0.15) is 5.10 Å². The van der Waals surface area contributed by atoms with E-state index in [0.717, 1.165) is 34.2 Å². The highest BCUT2D eigenvalue weighted by Gasteiger charge is 2.15. The zero-order valence-electron chi connectivity index (χ0n) is 17.3. The van der Waals surface area contributed by atoms with E-state index in [2.05, 4.69) is 85.1 Å². The fourth-order valence-electron chi connectivity index (χ4n) is 3.41.